The van der Waals surface area contributed by atoms with Crippen LogP contribution in [-0.4, -0.2) is 48.0 Å². The van der Waals surface area contributed by atoms with E-state index in [2.05, 4.69) is 5.10 Å². The molecule has 1 unspecified atom stereocenters. The Labute approximate surface area is 183 Å². The zero-order chi connectivity index (χ0) is 21.7. The summed E-state index contributed by atoms with van der Waals surface area (Å²) in [6.45, 7) is 0. The molecule has 0 spiro atoms. The fourth-order valence-corrected chi connectivity index (χ4v) is 4.82. The summed E-state index contributed by atoms with van der Waals surface area (Å²) >= 11 is 6.08. The van der Waals surface area contributed by atoms with Crippen LogP contribution in [0.2, 0.25) is 5.02 Å². The number of nitrogens with zero attached hydrogens (tertiary/aromatic N) is 3. The van der Waals surface area contributed by atoms with E-state index in [4.69, 9.17) is 16.3 Å². The van der Waals surface area contributed by atoms with Crippen molar-refractivity contribution in [1.29, 1.82) is 0 Å². The van der Waals surface area contributed by atoms with Crippen LogP contribution in [0.15, 0.2) is 65.8 Å². The Morgan fingerprint density at radius 2 is 1.81 bits per heavy atom. The first-order valence-corrected chi connectivity index (χ1v) is 10.2. The maximum Gasteiger partial charge on any atom is 0.240 e. The molecule has 2 aromatic rings. The molecular weight excluding hydrogens is 418 g/mol. The van der Waals surface area contributed by atoms with Gasteiger partial charge in [0.2, 0.25) is 11.8 Å². The monoisotopic (exact) mass is 435 g/mol. The second-order valence-electron chi connectivity index (χ2n) is 7.60. The number of benzene rings is 2. The average Bonchev–Trinajstić information content (AvgIpc) is 3.26. The van der Waals surface area contributed by atoms with Gasteiger partial charge in [-0.2, -0.15) is 5.10 Å². The van der Waals surface area contributed by atoms with E-state index < -0.39 is 29.8 Å². The minimum absolute atomic E-state index is 0.262. The highest BCUT2D eigenvalue weighted by Crippen LogP contribution is 2.46. The first-order valence-electron chi connectivity index (χ1n) is 9.82. The van der Waals surface area contributed by atoms with Gasteiger partial charge >= 0.3 is 0 Å². The van der Waals surface area contributed by atoms with Crippen LogP contribution in [0.4, 0.5) is 5.69 Å². The molecule has 2 aromatic carbocycles. The van der Waals surface area contributed by atoms with Crippen molar-refractivity contribution >= 4 is 41.1 Å². The Kier molecular flexibility index (Phi) is 4.63. The van der Waals surface area contributed by atoms with Crippen molar-refractivity contribution in [2.45, 2.75) is 12.1 Å². The average molecular weight is 436 g/mol. The third-order valence-corrected chi connectivity index (χ3v) is 6.24. The molecular formula is C23H18ClN3O4. The molecule has 0 saturated carbocycles. The van der Waals surface area contributed by atoms with E-state index in [1.807, 2.05) is 6.08 Å². The molecule has 3 aliphatic rings. The van der Waals surface area contributed by atoms with Gasteiger partial charge in [-0.25, -0.2) is 4.90 Å². The summed E-state index contributed by atoms with van der Waals surface area (Å²) in [7, 11) is 1.55. The number of amides is 2. The molecule has 5 rings (SSSR count). The van der Waals surface area contributed by atoms with Gasteiger partial charge in [0.05, 0.1) is 30.7 Å². The van der Waals surface area contributed by atoms with E-state index in [1.54, 1.807) is 72.9 Å². The second kappa shape index (κ2) is 7.35. The SMILES string of the molecule is COc1ccc(C(=O)[C@H]2[C@H]3C(=O)N(c4cccc(Cl)c4)C(=O)[C@H]3C3C=CC=NN32)cc1. The minimum atomic E-state index is -0.884. The fourth-order valence-electron chi connectivity index (χ4n) is 4.63. The third-order valence-electron chi connectivity index (χ3n) is 6.00. The van der Waals surface area contributed by atoms with Crippen LogP contribution in [-0.2, 0) is 9.59 Å². The van der Waals surface area contributed by atoms with Crippen molar-refractivity contribution in [2.75, 3.05) is 12.0 Å². The summed E-state index contributed by atoms with van der Waals surface area (Å²) in [5.41, 5.74) is 0.832. The zero-order valence-corrected chi connectivity index (χ0v) is 17.3. The van der Waals surface area contributed by atoms with Gasteiger partial charge in [0.15, 0.2) is 5.78 Å². The van der Waals surface area contributed by atoms with Crippen LogP contribution in [0.25, 0.3) is 0 Å². The number of imide groups is 1. The molecule has 2 saturated heterocycles. The molecule has 156 valence electrons. The van der Waals surface area contributed by atoms with Crippen molar-refractivity contribution in [1.82, 2.24) is 5.01 Å². The first kappa shape index (κ1) is 19.5. The van der Waals surface area contributed by atoms with Crippen LogP contribution < -0.4 is 9.64 Å². The summed E-state index contributed by atoms with van der Waals surface area (Å²) in [5, 5.41) is 6.36. The lowest BCUT2D eigenvalue weighted by Gasteiger charge is -2.30. The summed E-state index contributed by atoms with van der Waals surface area (Å²) in [5.74, 6) is -1.95. The number of ether oxygens (including phenoxy) is 1. The number of hydrogen-bond donors (Lipinski definition) is 0. The lowest BCUT2D eigenvalue weighted by molar-refractivity contribution is -0.123. The van der Waals surface area contributed by atoms with E-state index in [0.717, 1.165) is 4.90 Å². The predicted octanol–water partition coefficient (Wildman–Crippen LogP) is 2.95. The van der Waals surface area contributed by atoms with Crippen LogP contribution in [0.5, 0.6) is 5.75 Å². The van der Waals surface area contributed by atoms with Crippen LogP contribution >= 0.6 is 11.6 Å². The lowest BCUT2D eigenvalue weighted by atomic mass is 9.86. The van der Waals surface area contributed by atoms with Crippen molar-refractivity contribution in [2.24, 2.45) is 16.9 Å². The number of ketones is 1. The maximum atomic E-state index is 13.5. The number of carbonyl (C=O) groups excluding carboxylic acids is 3. The van der Waals surface area contributed by atoms with E-state index in [-0.39, 0.29) is 11.7 Å². The van der Waals surface area contributed by atoms with E-state index in [9.17, 15) is 14.4 Å². The van der Waals surface area contributed by atoms with E-state index >= 15 is 0 Å². The van der Waals surface area contributed by atoms with E-state index in [1.165, 1.54) is 0 Å². The van der Waals surface area contributed by atoms with Gasteiger partial charge in [-0.05, 0) is 48.5 Å². The number of carbonyl (C=O) groups is 3. The Morgan fingerprint density at radius 3 is 2.52 bits per heavy atom. The number of fused-ring (bicyclic) bond motifs is 3. The highest BCUT2D eigenvalue weighted by atomic mass is 35.5. The second-order valence-corrected chi connectivity index (χ2v) is 8.04. The zero-order valence-electron chi connectivity index (χ0n) is 16.5. The quantitative estimate of drug-likeness (QED) is 0.545. The Hall–Kier alpha value is -3.45. The molecule has 31 heavy (non-hydrogen) atoms. The molecule has 0 N–H and O–H groups in total. The maximum absolute atomic E-state index is 13.5. The molecule has 0 radical (unpaired) electrons. The molecule has 0 aromatic heterocycles. The summed E-state index contributed by atoms with van der Waals surface area (Å²) in [6.07, 6.45) is 5.12. The van der Waals surface area contributed by atoms with Crippen LogP contribution in [0.3, 0.4) is 0 Å². The molecule has 0 bridgehead atoms. The molecule has 0 aliphatic carbocycles. The number of methoxy groups -OCH3 is 1. The molecule has 3 heterocycles. The van der Waals surface area contributed by atoms with Crippen molar-refractivity contribution < 1.29 is 19.1 Å². The van der Waals surface area contributed by atoms with Gasteiger partial charge in [0, 0.05) is 16.8 Å². The van der Waals surface area contributed by atoms with Crippen molar-refractivity contribution in [3.63, 3.8) is 0 Å². The third kappa shape index (κ3) is 2.96. The number of Topliss-reactive ketones (excluding diaryl/α,β-unsaturated/α-hetero) is 1. The number of hydrogen-bond acceptors (Lipinski definition) is 6. The highest BCUT2D eigenvalue weighted by molar-refractivity contribution is 6.31. The number of allylic oxidation sites excluding steroid dienone is 1. The topological polar surface area (TPSA) is 79.3 Å². The fraction of sp³-hybridized carbons (Fsp3) is 0.217. The Bertz CT molecular complexity index is 1140. The normalized spacial score (nSPS) is 26.3. The summed E-state index contributed by atoms with van der Waals surface area (Å²) in [6, 6.07) is 11.9. The largest absolute Gasteiger partial charge is 0.497 e. The number of anilines is 1. The smallest absolute Gasteiger partial charge is 0.240 e. The Balaban J connectivity index is 1.56. The van der Waals surface area contributed by atoms with Crippen molar-refractivity contribution in [3.8, 4) is 5.75 Å². The number of halogens is 1. The van der Waals surface area contributed by atoms with E-state index in [0.29, 0.717) is 22.0 Å². The minimum Gasteiger partial charge on any atom is -0.497 e. The lowest BCUT2D eigenvalue weighted by Crippen LogP contribution is -2.46. The first-order chi connectivity index (χ1) is 15.0. The molecule has 4 atom stereocenters. The van der Waals surface area contributed by atoms with Gasteiger partial charge < -0.3 is 4.74 Å². The Morgan fingerprint density at radius 1 is 1.06 bits per heavy atom. The molecule has 8 heteroatoms. The van der Waals surface area contributed by atoms with Crippen LogP contribution in [0.1, 0.15) is 10.4 Å². The predicted molar refractivity (Wildman–Crippen MR) is 115 cm³/mol. The van der Waals surface area contributed by atoms with Gasteiger partial charge in [0.1, 0.15) is 11.8 Å². The number of hydrazone groups is 1. The molecule has 3 aliphatic heterocycles. The standard InChI is InChI=1S/C23H18ClN3O4/c1-31-16-9-7-13(8-10-16)21(28)20-19-18(17-6-3-11-25-27(17)20)22(29)26(23(19)30)15-5-2-4-14(24)12-15/h2-12,17-20H,1H3/t17?,18-,19-,20+/m0/s1. The molecule has 2 amide bonds. The molecule has 2 fully saturated rings. The molecule has 7 nitrogen and oxygen atoms in total. The number of rotatable bonds is 4. The highest BCUT2D eigenvalue weighted by Gasteiger charge is 2.64. The summed E-state index contributed by atoms with van der Waals surface area (Å²) in [4.78, 5) is 41.5. The van der Waals surface area contributed by atoms with Crippen LogP contribution in [0, 0.1) is 11.8 Å². The van der Waals surface area contributed by atoms with Gasteiger partial charge in [-0.15, -0.1) is 0 Å². The van der Waals surface area contributed by atoms with Gasteiger partial charge in [-0.1, -0.05) is 23.7 Å². The summed E-state index contributed by atoms with van der Waals surface area (Å²) < 4.78 is 5.16. The van der Waals surface area contributed by atoms with Gasteiger partial charge in [0.25, 0.3) is 0 Å². The van der Waals surface area contributed by atoms with Crippen molar-refractivity contribution in [3.05, 3.63) is 71.3 Å². The van der Waals surface area contributed by atoms with Gasteiger partial charge in [-0.3, -0.25) is 19.4 Å².